The Morgan fingerprint density at radius 3 is 3.00 bits per heavy atom. The summed E-state index contributed by atoms with van der Waals surface area (Å²) in [5.41, 5.74) is 7.49. The number of aromatic nitrogens is 1. The molecular formula is C8H8N2S. The van der Waals surface area contributed by atoms with E-state index in [0.29, 0.717) is 0 Å². The standard InChI is InChI=1S/C8H8N2S/c9-7-4-10-8-3-5(11)1-2-6(7)8/h1-4,10-11H,9H2. The van der Waals surface area contributed by atoms with Gasteiger partial charge in [-0.25, -0.2) is 0 Å². The van der Waals surface area contributed by atoms with Gasteiger partial charge in [-0.2, -0.15) is 0 Å². The summed E-state index contributed by atoms with van der Waals surface area (Å²) in [4.78, 5) is 4.00. The summed E-state index contributed by atoms with van der Waals surface area (Å²) >= 11 is 4.21. The highest BCUT2D eigenvalue weighted by Gasteiger charge is 1.98. The second-order valence-corrected chi connectivity index (χ2v) is 2.99. The first-order chi connectivity index (χ1) is 5.27. The molecule has 1 aromatic carbocycles. The third-order valence-corrected chi connectivity index (χ3v) is 1.98. The largest absolute Gasteiger partial charge is 0.397 e. The van der Waals surface area contributed by atoms with Crippen LogP contribution >= 0.6 is 12.6 Å². The van der Waals surface area contributed by atoms with Crippen molar-refractivity contribution in [2.45, 2.75) is 4.90 Å². The Kier molecular flexibility index (Phi) is 1.32. The molecular weight excluding hydrogens is 156 g/mol. The van der Waals surface area contributed by atoms with Crippen LogP contribution in [0.2, 0.25) is 0 Å². The van der Waals surface area contributed by atoms with Crippen LogP contribution in [0.25, 0.3) is 10.9 Å². The Hall–Kier alpha value is -1.09. The smallest absolute Gasteiger partial charge is 0.0571 e. The number of anilines is 1. The first-order valence-electron chi connectivity index (χ1n) is 3.33. The van der Waals surface area contributed by atoms with Crippen LogP contribution in [-0.2, 0) is 0 Å². The number of hydrogen-bond donors (Lipinski definition) is 3. The molecule has 1 heterocycles. The number of fused-ring (bicyclic) bond motifs is 1. The first-order valence-corrected chi connectivity index (χ1v) is 3.77. The van der Waals surface area contributed by atoms with Crippen molar-refractivity contribution in [1.82, 2.24) is 4.98 Å². The van der Waals surface area contributed by atoms with Gasteiger partial charge in [0.05, 0.1) is 5.69 Å². The summed E-state index contributed by atoms with van der Waals surface area (Å²) in [5.74, 6) is 0. The second kappa shape index (κ2) is 2.20. The molecule has 0 unspecified atom stereocenters. The molecule has 0 bridgehead atoms. The molecule has 0 amide bonds. The lowest BCUT2D eigenvalue weighted by atomic mass is 10.2. The number of nitrogens with one attached hydrogen (secondary N) is 1. The van der Waals surface area contributed by atoms with Crippen LogP contribution in [0.4, 0.5) is 5.69 Å². The number of nitrogen functional groups attached to an aromatic ring is 1. The van der Waals surface area contributed by atoms with E-state index in [1.54, 1.807) is 6.20 Å². The van der Waals surface area contributed by atoms with Crippen LogP contribution in [-0.4, -0.2) is 4.98 Å². The average Bonchev–Trinajstić information content (AvgIpc) is 2.32. The maximum atomic E-state index is 5.67. The van der Waals surface area contributed by atoms with Gasteiger partial charge in [0.25, 0.3) is 0 Å². The quantitative estimate of drug-likeness (QED) is 0.512. The molecule has 56 valence electrons. The van der Waals surface area contributed by atoms with Crippen molar-refractivity contribution in [3.63, 3.8) is 0 Å². The maximum Gasteiger partial charge on any atom is 0.0571 e. The van der Waals surface area contributed by atoms with E-state index in [1.807, 2.05) is 18.2 Å². The molecule has 0 aliphatic rings. The SMILES string of the molecule is Nc1c[nH]c2cc(S)ccc12. The predicted molar refractivity (Wildman–Crippen MR) is 50.0 cm³/mol. The Morgan fingerprint density at radius 2 is 2.18 bits per heavy atom. The van der Waals surface area contributed by atoms with Crippen LogP contribution in [0, 0.1) is 0 Å². The third kappa shape index (κ3) is 0.973. The lowest BCUT2D eigenvalue weighted by molar-refractivity contribution is 1.44. The number of rotatable bonds is 0. The highest BCUT2D eigenvalue weighted by atomic mass is 32.1. The number of H-pyrrole nitrogens is 1. The molecule has 11 heavy (non-hydrogen) atoms. The molecule has 0 fully saturated rings. The average molecular weight is 164 g/mol. The number of thiol groups is 1. The fraction of sp³-hybridized carbons (Fsp3) is 0. The van der Waals surface area contributed by atoms with Gasteiger partial charge in [-0.1, -0.05) is 0 Å². The topological polar surface area (TPSA) is 41.8 Å². The number of benzene rings is 1. The molecule has 3 heteroatoms. The molecule has 2 nitrogen and oxygen atoms in total. The third-order valence-electron chi connectivity index (χ3n) is 1.70. The van der Waals surface area contributed by atoms with Gasteiger partial charge >= 0.3 is 0 Å². The van der Waals surface area contributed by atoms with Crippen molar-refractivity contribution < 1.29 is 0 Å². The molecule has 0 saturated carbocycles. The van der Waals surface area contributed by atoms with Gasteiger partial charge in [-0.05, 0) is 18.2 Å². The second-order valence-electron chi connectivity index (χ2n) is 2.47. The van der Waals surface area contributed by atoms with Crippen molar-refractivity contribution in [2.24, 2.45) is 0 Å². The zero-order chi connectivity index (χ0) is 7.84. The van der Waals surface area contributed by atoms with E-state index in [4.69, 9.17) is 5.73 Å². The van der Waals surface area contributed by atoms with E-state index in [1.165, 1.54) is 0 Å². The summed E-state index contributed by atoms with van der Waals surface area (Å²) in [7, 11) is 0. The highest BCUT2D eigenvalue weighted by Crippen LogP contribution is 2.22. The fourth-order valence-corrected chi connectivity index (χ4v) is 1.34. The summed E-state index contributed by atoms with van der Waals surface area (Å²) in [5, 5.41) is 1.06. The van der Waals surface area contributed by atoms with E-state index in [0.717, 1.165) is 21.5 Å². The van der Waals surface area contributed by atoms with Crippen molar-refractivity contribution in [1.29, 1.82) is 0 Å². The van der Waals surface area contributed by atoms with E-state index in [2.05, 4.69) is 17.6 Å². The fourth-order valence-electron chi connectivity index (χ4n) is 1.14. The lowest BCUT2D eigenvalue weighted by Crippen LogP contribution is -1.79. The van der Waals surface area contributed by atoms with Gasteiger partial charge in [0.15, 0.2) is 0 Å². The highest BCUT2D eigenvalue weighted by molar-refractivity contribution is 7.80. The molecule has 0 atom stereocenters. The van der Waals surface area contributed by atoms with Crippen molar-refractivity contribution in [2.75, 3.05) is 5.73 Å². The summed E-state index contributed by atoms with van der Waals surface area (Å²) in [6.07, 6.45) is 1.79. The van der Waals surface area contributed by atoms with Gasteiger partial charge in [0.2, 0.25) is 0 Å². The molecule has 0 aliphatic carbocycles. The van der Waals surface area contributed by atoms with Crippen LogP contribution in [0.5, 0.6) is 0 Å². The summed E-state index contributed by atoms with van der Waals surface area (Å²) in [6.45, 7) is 0. The monoisotopic (exact) mass is 164 g/mol. The Bertz CT molecular complexity index is 392. The van der Waals surface area contributed by atoms with Gasteiger partial charge in [0.1, 0.15) is 0 Å². The lowest BCUT2D eigenvalue weighted by Gasteiger charge is -1.91. The van der Waals surface area contributed by atoms with Crippen LogP contribution < -0.4 is 5.73 Å². The van der Waals surface area contributed by atoms with E-state index >= 15 is 0 Å². The minimum atomic E-state index is 0.785. The van der Waals surface area contributed by atoms with Crippen molar-refractivity contribution in [3.8, 4) is 0 Å². The zero-order valence-corrected chi connectivity index (χ0v) is 6.73. The van der Waals surface area contributed by atoms with Gasteiger partial charge in [0, 0.05) is 22.0 Å². The van der Waals surface area contributed by atoms with Gasteiger partial charge in [-0.3, -0.25) is 0 Å². The molecule has 1 aromatic heterocycles. The van der Waals surface area contributed by atoms with Crippen LogP contribution in [0.3, 0.4) is 0 Å². The molecule has 0 radical (unpaired) electrons. The maximum absolute atomic E-state index is 5.67. The zero-order valence-electron chi connectivity index (χ0n) is 5.83. The Labute approximate surface area is 69.8 Å². The van der Waals surface area contributed by atoms with Gasteiger partial charge < -0.3 is 10.7 Å². The van der Waals surface area contributed by atoms with Crippen LogP contribution in [0.15, 0.2) is 29.3 Å². The Balaban J connectivity index is 2.86. The molecule has 0 saturated heterocycles. The van der Waals surface area contributed by atoms with E-state index in [9.17, 15) is 0 Å². The molecule has 2 rings (SSSR count). The Morgan fingerprint density at radius 1 is 1.36 bits per heavy atom. The van der Waals surface area contributed by atoms with E-state index < -0.39 is 0 Å². The van der Waals surface area contributed by atoms with Crippen molar-refractivity contribution in [3.05, 3.63) is 24.4 Å². The molecule has 0 aliphatic heterocycles. The number of hydrogen-bond acceptors (Lipinski definition) is 2. The van der Waals surface area contributed by atoms with Crippen LogP contribution in [0.1, 0.15) is 0 Å². The summed E-state index contributed by atoms with van der Waals surface area (Å²) < 4.78 is 0. The predicted octanol–water partition coefficient (Wildman–Crippen LogP) is 2.04. The minimum absolute atomic E-state index is 0.785. The van der Waals surface area contributed by atoms with Gasteiger partial charge in [-0.15, -0.1) is 12.6 Å². The summed E-state index contributed by atoms with van der Waals surface area (Å²) in [6, 6.07) is 5.84. The van der Waals surface area contributed by atoms with E-state index in [-0.39, 0.29) is 0 Å². The normalized spacial score (nSPS) is 10.6. The molecule has 2 aromatic rings. The molecule has 3 N–H and O–H groups in total. The number of aromatic amines is 1. The van der Waals surface area contributed by atoms with Crippen molar-refractivity contribution >= 4 is 29.2 Å². The number of nitrogens with two attached hydrogens (primary N) is 1. The minimum Gasteiger partial charge on any atom is -0.397 e. The molecule has 0 spiro atoms. The first kappa shape index (κ1) is 6.61.